The van der Waals surface area contributed by atoms with E-state index in [9.17, 15) is 0 Å². The number of hydrogen-bond donors (Lipinski definition) is 0. The molecule has 0 saturated carbocycles. The van der Waals surface area contributed by atoms with Gasteiger partial charge in [-0.1, -0.05) is 57.2 Å². The molecule has 1 aromatic heterocycles. The third-order valence-corrected chi connectivity index (χ3v) is 7.44. The van der Waals surface area contributed by atoms with Crippen LogP contribution in [0, 0.1) is 12.8 Å². The van der Waals surface area contributed by atoms with Gasteiger partial charge < -0.3 is 4.74 Å². The van der Waals surface area contributed by atoms with Crippen LogP contribution in [0.5, 0.6) is 5.75 Å². The normalized spacial score (nSPS) is 23.8. The predicted octanol–water partition coefficient (Wildman–Crippen LogP) is 5.72. The summed E-state index contributed by atoms with van der Waals surface area (Å²) < 4.78 is 6.20. The highest BCUT2D eigenvalue weighted by Gasteiger charge is 2.53. The maximum Gasteiger partial charge on any atom is 0.125 e. The summed E-state index contributed by atoms with van der Waals surface area (Å²) in [7, 11) is 0. The Kier molecular flexibility index (Phi) is 4.46. The number of fused-ring (bicyclic) bond motifs is 4. The van der Waals surface area contributed by atoms with E-state index in [1.807, 2.05) is 13.0 Å². The van der Waals surface area contributed by atoms with Crippen LogP contribution in [-0.2, 0) is 30.3 Å². The summed E-state index contributed by atoms with van der Waals surface area (Å²) in [5.41, 5.74) is 6.74. The highest BCUT2D eigenvalue weighted by molar-refractivity contribution is 5.48. The second-order valence-electron chi connectivity index (χ2n) is 9.79. The Hall–Kier alpha value is -2.68. The molecule has 0 bridgehead atoms. The minimum atomic E-state index is 0.0224. The summed E-state index contributed by atoms with van der Waals surface area (Å²) in [6, 6.07) is 17.1. The predicted molar refractivity (Wildman–Crippen MR) is 120 cm³/mol. The highest BCUT2D eigenvalue weighted by Crippen LogP contribution is 2.56. The average Bonchev–Trinajstić information content (AvgIpc) is 2.74. The van der Waals surface area contributed by atoms with Gasteiger partial charge >= 0.3 is 0 Å². The first-order chi connectivity index (χ1) is 14.4. The molecule has 3 nitrogen and oxygen atoms in total. The Morgan fingerprint density at radius 2 is 1.83 bits per heavy atom. The number of aromatic nitrogens is 2. The van der Waals surface area contributed by atoms with Gasteiger partial charge in [0.05, 0.1) is 5.69 Å². The van der Waals surface area contributed by atoms with Crippen molar-refractivity contribution in [1.29, 1.82) is 0 Å². The van der Waals surface area contributed by atoms with Gasteiger partial charge in [0.1, 0.15) is 18.2 Å². The SMILES string of the molecule is Cc1ncc2c(n1)C(C)(C)C1CCc3ccc(OCc4ccccc4)cc3[C@@]1(C)C2. The molecule has 30 heavy (non-hydrogen) atoms. The third kappa shape index (κ3) is 3.03. The second kappa shape index (κ2) is 6.94. The summed E-state index contributed by atoms with van der Waals surface area (Å²) in [6.07, 6.45) is 5.37. The van der Waals surface area contributed by atoms with E-state index in [-0.39, 0.29) is 10.8 Å². The lowest BCUT2D eigenvalue weighted by atomic mass is 9.50. The zero-order chi connectivity index (χ0) is 20.9. The van der Waals surface area contributed by atoms with Crippen molar-refractivity contribution in [3.63, 3.8) is 0 Å². The van der Waals surface area contributed by atoms with Gasteiger partial charge in [0.15, 0.2) is 0 Å². The van der Waals surface area contributed by atoms with Crippen molar-refractivity contribution in [2.45, 2.75) is 64.4 Å². The van der Waals surface area contributed by atoms with Crippen molar-refractivity contribution in [2.75, 3.05) is 0 Å². The second-order valence-corrected chi connectivity index (χ2v) is 9.79. The number of hydrogen-bond acceptors (Lipinski definition) is 3. The summed E-state index contributed by atoms with van der Waals surface area (Å²) in [4.78, 5) is 9.42. The molecule has 1 unspecified atom stereocenters. The fraction of sp³-hybridized carbons (Fsp3) is 0.407. The first kappa shape index (κ1) is 19.3. The molecule has 2 aliphatic rings. The number of ether oxygens (including phenoxy) is 1. The number of nitrogens with zero attached hydrogens (tertiary/aromatic N) is 2. The van der Waals surface area contributed by atoms with Crippen LogP contribution in [0.3, 0.4) is 0 Å². The molecule has 0 aliphatic heterocycles. The van der Waals surface area contributed by atoms with Crippen molar-refractivity contribution >= 4 is 0 Å². The molecule has 3 heteroatoms. The maximum atomic E-state index is 6.20. The Bertz CT molecular complexity index is 1090. The van der Waals surface area contributed by atoms with Gasteiger partial charge in [-0.05, 0) is 66.5 Å². The Morgan fingerprint density at radius 3 is 2.63 bits per heavy atom. The molecular weight excluding hydrogens is 368 g/mol. The first-order valence-electron chi connectivity index (χ1n) is 11.0. The molecule has 0 spiro atoms. The van der Waals surface area contributed by atoms with E-state index in [1.165, 1.54) is 34.4 Å². The molecule has 0 N–H and O–H groups in total. The van der Waals surface area contributed by atoms with E-state index in [4.69, 9.17) is 9.72 Å². The lowest BCUT2D eigenvalue weighted by Gasteiger charge is -2.54. The Morgan fingerprint density at radius 1 is 1.03 bits per heavy atom. The lowest BCUT2D eigenvalue weighted by molar-refractivity contribution is 0.134. The molecule has 2 aromatic carbocycles. The Labute approximate surface area is 179 Å². The minimum Gasteiger partial charge on any atom is -0.489 e. The van der Waals surface area contributed by atoms with Crippen LogP contribution in [-0.4, -0.2) is 9.97 Å². The van der Waals surface area contributed by atoms with Crippen LogP contribution in [0.4, 0.5) is 0 Å². The summed E-state index contributed by atoms with van der Waals surface area (Å²) in [5, 5.41) is 0. The van der Waals surface area contributed by atoms with Crippen molar-refractivity contribution in [2.24, 2.45) is 5.92 Å². The standard InChI is InChI=1S/C27H30N2O/c1-18-28-16-21-15-27(4)23-14-22(30-17-19-8-6-5-7-9-19)12-10-20(23)11-13-24(27)26(2,3)25(21)29-18/h5-10,12,14,16,24H,11,13,15,17H2,1-4H3/t24?,27-/m1/s1. The average molecular weight is 399 g/mol. The van der Waals surface area contributed by atoms with Crippen LogP contribution >= 0.6 is 0 Å². The van der Waals surface area contributed by atoms with E-state index in [0.29, 0.717) is 12.5 Å². The van der Waals surface area contributed by atoms with Crippen LogP contribution < -0.4 is 4.74 Å². The molecule has 0 amide bonds. The molecule has 3 aromatic rings. The summed E-state index contributed by atoms with van der Waals surface area (Å²) >= 11 is 0. The lowest BCUT2D eigenvalue weighted by Crippen LogP contribution is -2.52. The molecule has 1 heterocycles. The summed E-state index contributed by atoms with van der Waals surface area (Å²) in [6.45, 7) is 9.79. The number of benzene rings is 2. The topological polar surface area (TPSA) is 35.0 Å². The summed E-state index contributed by atoms with van der Waals surface area (Å²) in [5.74, 6) is 2.38. The monoisotopic (exact) mass is 398 g/mol. The molecule has 154 valence electrons. The van der Waals surface area contributed by atoms with Gasteiger partial charge in [0.2, 0.25) is 0 Å². The van der Waals surface area contributed by atoms with Gasteiger partial charge in [-0.3, -0.25) is 0 Å². The maximum absolute atomic E-state index is 6.20. The minimum absolute atomic E-state index is 0.0224. The van der Waals surface area contributed by atoms with Crippen molar-refractivity contribution in [3.05, 3.63) is 88.5 Å². The smallest absolute Gasteiger partial charge is 0.125 e. The molecule has 2 atom stereocenters. The zero-order valence-corrected chi connectivity index (χ0v) is 18.4. The number of aryl methyl sites for hydroxylation is 2. The van der Waals surface area contributed by atoms with Gasteiger partial charge in [-0.15, -0.1) is 0 Å². The van der Waals surface area contributed by atoms with Crippen molar-refractivity contribution in [1.82, 2.24) is 9.97 Å². The van der Waals surface area contributed by atoms with Gasteiger partial charge in [0.25, 0.3) is 0 Å². The van der Waals surface area contributed by atoms with Crippen molar-refractivity contribution < 1.29 is 4.74 Å². The van der Waals surface area contributed by atoms with E-state index in [2.05, 4.69) is 74.4 Å². The largest absolute Gasteiger partial charge is 0.489 e. The van der Waals surface area contributed by atoms with E-state index in [0.717, 1.165) is 24.4 Å². The van der Waals surface area contributed by atoms with E-state index >= 15 is 0 Å². The molecular formula is C27H30N2O. The fourth-order valence-corrected chi connectivity index (χ4v) is 6.06. The molecule has 0 fully saturated rings. The van der Waals surface area contributed by atoms with Gasteiger partial charge in [0, 0.05) is 17.0 Å². The van der Waals surface area contributed by atoms with Crippen LogP contribution in [0.1, 0.15) is 61.0 Å². The fourth-order valence-electron chi connectivity index (χ4n) is 6.06. The zero-order valence-electron chi connectivity index (χ0n) is 18.4. The quantitative estimate of drug-likeness (QED) is 0.566. The van der Waals surface area contributed by atoms with Crippen LogP contribution in [0.25, 0.3) is 0 Å². The van der Waals surface area contributed by atoms with Gasteiger partial charge in [-0.25, -0.2) is 9.97 Å². The molecule has 0 radical (unpaired) electrons. The highest BCUT2D eigenvalue weighted by atomic mass is 16.5. The van der Waals surface area contributed by atoms with E-state index < -0.39 is 0 Å². The molecule has 0 saturated heterocycles. The van der Waals surface area contributed by atoms with E-state index in [1.54, 1.807) is 0 Å². The van der Waals surface area contributed by atoms with Gasteiger partial charge in [-0.2, -0.15) is 0 Å². The van der Waals surface area contributed by atoms with Crippen LogP contribution in [0.2, 0.25) is 0 Å². The van der Waals surface area contributed by atoms with Crippen LogP contribution in [0.15, 0.2) is 54.7 Å². The number of rotatable bonds is 3. The third-order valence-electron chi connectivity index (χ3n) is 7.44. The Balaban J connectivity index is 1.53. The van der Waals surface area contributed by atoms with Crippen molar-refractivity contribution in [3.8, 4) is 5.75 Å². The first-order valence-corrected chi connectivity index (χ1v) is 11.0. The molecule has 2 aliphatic carbocycles. The molecule has 5 rings (SSSR count).